The number of para-hydroxylation sites is 2. The molecule has 0 aliphatic heterocycles. The van der Waals surface area contributed by atoms with Crippen LogP contribution in [0.25, 0.3) is 0 Å². The van der Waals surface area contributed by atoms with Crippen molar-refractivity contribution in [1.82, 2.24) is 5.32 Å². The lowest BCUT2D eigenvalue weighted by atomic mass is 10.0. The number of ether oxygens (including phenoxy) is 2. The van der Waals surface area contributed by atoms with Gasteiger partial charge in [-0.1, -0.05) is 12.1 Å². The van der Waals surface area contributed by atoms with Gasteiger partial charge in [0.1, 0.15) is 0 Å². The van der Waals surface area contributed by atoms with Crippen molar-refractivity contribution in [2.45, 2.75) is 18.9 Å². The highest BCUT2D eigenvalue weighted by molar-refractivity contribution is 7.98. The topological polar surface area (TPSA) is 67.8 Å². The Bertz CT molecular complexity index is 451. The number of benzene rings is 1. The summed E-state index contributed by atoms with van der Waals surface area (Å²) in [5.74, 6) is 1.67. The lowest BCUT2D eigenvalue weighted by Crippen LogP contribution is -2.42. The maximum atomic E-state index is 11.7. The molecule has 0 heterocycles. The zero-order chi connectivity index (χ0) is 15.7. The van der Waals surface area contributed by atoms with Gasteiger partial charge in [0.05, 0.1) is 12.7 Å². The zero-order valence-electron chi connectivity index (χ0n) is 12.7. The third-order valence-corrected chi connectivity index (χ3v) is 3.55. The van der Waals surface area contributed by atoms with Crippen LogP contribution in [0.15, 0.2) is 24.3 Å². The molecular weight excluding hydrogens is 290 g/mol. The molecule has 0 fully saturated rings. The number of amides is 1. The number of nitrogens with one attached hydrogen (secondary N) is 1. The molecule has 0 bridgehead atoms. The zero-order valence-corrected chi connectivity index (χ0v) is 13.5. The van der Waals surface area contributed by atoms with Crippen LogP contribution in [0.5, 0.6) is 11.5 Å². The SMILES string of the molecule is COc1ccccc1OCC(=O)NC[C@](C)(O)CCSC. The van der Waals surface area contributed by atoms with Crippen LogP contribution in [-0.4, -0.2) is 48.9 Å². The van der Waals surface area contributed by atoms with Crippen molar-refractivity contribution >= 4 is 17.7 Å². The molecule has 0 saturated carbocycles. The Labute approximate surface area is 130 Å². The van der Waals surface area contributed by atoms with E-state index in [1.54, 1.807) is 37.9 Å². The van der Waals surface area contributed by atoms with Crippen LogP contribution in [0.3, 0.4) is 0 Å². The van der Waals surface area contributed by atoms with E-state index < -0.39 is 5.60 Å². The summed E-state index contributed by atoms with van der Waals surface area (Å²) >= 11 is 1.66. The van der Waals surface area contributed by atoms with Gasteiger partial charge in [-0.2, -0.15) is 11.8 Å². The molecule has 1 amide bonds. The van der Waals surface area contributed by atoms with E-state index >= 15 is 0 Å². The van der Waals surface area contributed by atoms with Crippen LogP contribution in [0.2, 0.25) is 0 Å². The number of rotatable bonds is 9. The molecule has 118 valence electrons. The summed E-state index contributed by atoms with van der Waals surface area (Å²) < 4.78 is 10.6. The van der Waals surface area contributed by atoms with Crippen molar-refractivity contribution < 1.29 is 19.4 Å². The van der Waals surface area contributed by atoms with Crippen molar-refractivity contribution in [3.63, 3.8) is 0 Å². The first-order valence-electron chi connectivity index (χ1n) is 6.72. The monoisotopic (exact) mass is 313 g/mol. The van der Waals surface area contributed by atoms with Crippen molar-refractivity contribution in [1.29, 1.82) is 0 Å². The fraction of sp³-hybridized carbons (Fsp3) is 0.533. The molecule has 0 unspecified atom stereocenters. The summed E-state index contributed by atoms with van der Waals surface area (Å²) in [6.07, 6.45) is 2.61. The molecule has 1 rings (SSSR count). The Morgan fingerprint density at radius 2 is 2.05 bits per heavy atom. The Kier molecular flexibility index (Phi) is 7.39. The fourth-order valence-corrected chi connectivity index (χ4v) is 2.28. The smallest absolute Gasteiger partial charge is 0.258 e. The van der Waals surface area contributed by atoms with Gasteiger partial charge in [0.2, 0.25) is 0 Å². The molecule has 0 saturated heterocycles. The lowest BCUT2D eigenvalue weighted by molar-refractivity contribution is -0.124. The Morgan fingerprint density at radius 1 is 1.38 bits per heavy atom. The minimum atomic E-state index is -0.900. The Morgan fingerprint density at radius 3 is 2.67 bits per heavy atom. The van der Waals surface area contributed by atoms with Crippen LogP contribution in [0.4, 0.5) is 0 Å². The third-order valence-electron chi connectivity index (χ3n) is 2.94. The Balaban J connectivity index is 2.37. The highest BCUT2D eigenvalue weighted by Gasteiger charge is 2.20. The first kappa shape index (κ1) is 17.7. The number of thioether (sulfide) groups is 1. The third kappa shape index (κ3) is 6.73. The first-order chi connectivity index (χ1) is 9.98. The van der Waals surface area contributed by atoms with Crippen molar-refractivity contribution in [2.24, 2.45) is 0 Å². The summed E-state index contributed by atoms with van der Waals surface area (Å²) in [6, 6.07) is 7.14. The average Bonchev–Trinajstić information content (AvgIpc) is 2.49. The van der Waals surface area contributed by atoms with Crippen molar-refractivity contribution in [3.05, 3.63) is 24.3 Å². The van der Waals surface area contributed by atoms with Gasteiger partial charge in [0.15, 0.2) is 18.1 Å². The number of hydrogen-bond donors (Lipinski definition) is 2. The summed E-state index contributed by atoms with van der Waals surface area (Å²) in [5.41, 5.74) is -0.900. The maximum Gasteiger partial charge on any atom is 0.258 e. The lowest BCUT2D eigenvalue weighted by Gasteiger charge is -2.23. The summed E-state index contributed by atoms with van der Waals surface area (Å²) in [6.45, 7) is 1.81. The van der Waals surface area contributed by atoms with Crippen LogP contribution in [0, 0.1) is 0 Å². The predicted molar refractivity (Wildman–Crippen MR) is 85.1 cm³/mol. The van der Waals surface area contributed by atoms with E-state index in [1.807, 2.05) is 18.4 Å². The van der Waals surface area contributed by atoms with Gasteiger partial charge in [-0.25, -0.2) is 0 Å². The minimum absolute atomic E-state index is 0.112. The van der Waals surface area contributed by atoms with Gasteiger partial charge >= 0.3 is 0 Å². The molecule has 6 heteroatoms. The van der Waals surface area contributed by atoms with E-state index in [0.29, 0.717) is 17.9 Å². The molecule has 0 aliphatic rings. The summed E-state index contributed by atoms with van der Waals surface area (Å²) in [7, 11) is 1.55. The number of methoxy groups -OCH3 is 1. The average molecular weight is 313 g/mol. The number of aliphatic hydroxyl groups is 1. The van der Waals surface area contributed by atoms with Crippen LogP contribution in [-0.2, 0) is 4.79 Å². The number of carbonyl (C=O) groups is 1. The van der Waals surface area contributed by atoms with Gasteiger partial charge in [-0.05, 0) is 37.5 Å². The van der Waals surface area contributed by atoms with Gasteiger partial charge in [0.25, 0.3) is 5.91 Å². The van der Waals surface area contributed by atoms with Gasteiger partial charge < -0.3 is 19.9 Å². The highest BCUT2D eigenvalue weighted by atomic mass is 32.2. The molecule has 0 spiro atoms. The van der Waals surface area contributed by atoms with Gasteiger partial charge in [-0.3, -0.25) is 4.79 Å². The van der Waals surface area contributed by atoms with E-state index in [4.69, 9.17) is 9.47 Å². The largest absolute Gasteiger partial charge is 0.493 e. The molecular formula is C15H23NO4S. The van der Waals surface area contributed by atoms with Crippen LogP contribution >= 0.6 is 11.8 Å². The standard InChI is InChI=1S/C15H23NO4S/c1-15(18,8-9-21-3)11-16-14(17)10-20-13-7-5-4-6-12(13)19-2/h4-7,18H,8-11H2,1-3H3,(H,16,17)/t15-/m1/s1. The molecule has 1 atom stereocenters. The van der Waals surface area contributed by atoms with Gasteiger partial charge in [-0.15, -0.1) is 0 Å². The predicted octanol–water partition coefficient (Wildman–Crippen LogP) is 1.69. The molecule has 1 aromatic carbocycles. The highest BCUT2D eigenvalue weighted by Crippen LogP contribution is 2.25. The normalized spacial score (nSPS) is 13.3. The van der Waals surface area contributed by atoms with E-state index in [-0.39, 0.29) is 19.1 Å². The molecule has 0 aromatic heterocycles. The quantitative estimate of drug-likeness (QED) is 0.726. The first-order valence-corrected chi connectivity index (χ1v) is 8.12. The Hall–Kier alpha value is -1.40. The van der Waals surface area contributed by atoms with Crippen LogP contribution in [0.1, 0.15) is 13.3 Å². The molecule has 0 aliphatic carbocycles. The fourth-order valence-electron chi connectivity index (χ4n) is 1.63. The molecule has 2 N–H and O–H groups in total. The maximum absolute atomic E-state index is 11.7. The second-order valence-electron chi connectivity index (χ2n) is 4.96. The molecule has 0 radical (unpaired) electrons. The van der Waals surface area contributed by atoms with Gasteiger partial charge in [0, 0.05) is 6.54 Å². The second kappa shape index (κ2) is 8.79. The molecule has 5 nitrogen and oxygen atoms in total. The number of hydrogen-bond acceptors (Lipinski definition) is 5. The summed E-state index contributed by atoms with van der Waals surface area (Å²) in [4.78, 5) is 11.7. The van der Waals surface area contributed by atoms with E-state index in [2.05, 4.69) is 5.32 Å². The van der Waals surface area contributed by atoms with E-state index in [1.165, 1.54) is 0 Å². The van der Waals surface area contributed by atoms with Crippen molar-refractivity contribution in [3.8, 4) is 11.5 Å². The van der Waals surface area contributed by atoms with Crippen molar-refractivity contribution in [2.75, 3.05) is 32.3 Å². The second-order valence-corrected chi connectivity index (χ2v) is 5.94. The molecule has 21 heavy (non-hydrogen) atoms. The molecule has 1 aromatic rings. The van der Waals surface area contributed by atoms with Crippen LogP contribution < -0.4 is 14.8 Å². The number of carbonyl (C=O) groups excluding carboxylic acids is 1. The summed E-state index contributed by atoms with van der Waals surface area (Å²) in [5, 5.41) is 12.7. The van der Waals surface area contributed by atoms with E-state index in [9.17, 15) is 9.90 Å². The minimum Gasteiger partial charge on any atom is -0.493 e. The van der Waals surface area contributed by atoms with E-state index in [0.717, 1.165) is 5.75 Å².